The lowest BCUT2D eigenvalue weighted by molar-refractivity contribution is 0.0636. The van der Waals surface area contributed by atoms with E-state index in [-0.39, 0.29) is 24.0 Å². The van der Waals surface area contributed by atoms with Crippen LogP contribution < -0.4 is 16.4 Å². The molecule has 23 heavy (non-hydrogen) atoms. The van der Waals surface area contributed by atoms with Gasteiger partial charge in [-0.25, -0.2) is 4.79 Å². The van der Waals surface area contributed by atoms with Crippen molar-refractivity contribution >= 4 is 41.7 Å². The first-order chi connectivity index (χ1) is 10.3. The fourth-order valence-corrected chi connectivity index (χ4v) is 1.72. The van der Waals surface area contributed by atoms with E-state index in [4.69, 9.17) is 10.5 Å². The Hall–Kier alpha value is -1.51. The largest absolute Gasteiger partial charge is 0.444 e. The molecule has 4 N–H and O–H groups in total. The molecule has 0 aromatic heterocycles. The van der Waals surface area contributed by atoms with Crippen molar-refractivity contribution in [3.05, 3.63) is 29.8 Å². The van der Waals surface area contributed by atoms with Gasteiger partial charge in [0.05, 0.1) is 0 Å². The standard InChI is InChI=1S/C16H26N4O2.HI/c1-5-18-14(17)19-11-10-12-6-8-13(9-7-12)20-15(21)22-16(2,3)4;/h6-9H,5,10-11H2,1-4H3,(H,20,21)(H3,17,18,19);1H. The number of anilines is 1. The minimum atomic E-state index is -0.505. The maximum absolute atomic E-state index is 11.6. The second-order valence-corrected chi connectivity index (χ2v) is 5.87. The lowest BCUT2D eigenvalue weighted by Gasteiger charge is -2.19. The van der Waals surface area contributed by atoms with Crippen molar-refractivity contribution in [2.45, 2.75) is 39.7 Å². The van der Waals surface area contributed by atoms with Crippen molar-refractivity contribution in [2.75, 3.05) is 18.4 Å². The van der Waals surface area contributed by atoms with Gasteiger partial charge in [0.15, 0.2) is 5.96 Å². The van der Waals surface area contributed by atoms with Gasteiger partial charge in [-0.2, -0.15) is 0 Å². The van der Waals surface area contributed by atoms with Crippen LogP contribution in [-0.2, 0) is 11.2 Å². The van der Waals surface area contributed by atoms with Gasteiger partial charge < -0.3 is 15.8 Å². The first-order valence-corrected chi connectivity index (χ1v) is 7.43. The number of hydrogen-bond acceptors (Lipinski definition) is 3. The van der Waals surface area contributed by atoms with E-state index in [2.05, 4.69) is 15.6 Å². The highest BCUT2D eigenvalue weighted by Gasteiger charge is 2.15. The van der Waals surface area contributed by atoms with Gasteiger partial charge in [0.2, 0.25) is 0 Å². The molecule has 1 aromatic rings. The molecule has 0 saturated heterocycles. The van der Waals surface area contributed by atoms with Crippen LogP contribution in [0.1, 0.15) is 33.3 Å². The lowest BCUT2D eigenvalue weighted by atomic mass is 10.1. The van der Waals surface area contributed by atoms with E-state index < -0.39 is 11.7 Å². The molecule has 0 radical (unpaired) electrons. The summed E-state index contributed by atoms with van der Waals surface area (Å²) in [4.78, 5) is 15.9. The van der Waals surface area contributed by atoms with Gasteiger partial charge in [-0.15, -0.1) is 24.0 Å². The second kappa shape index (κ2) is 10.3. The molecular formula is C16H27IN4O2. The van der Waals surface area contributed by atoms with Crippen molar-refractivity contribution in [1.29, 1.82) is 0 Å². The molecule has 0 aliphatic heterocycles. The number of ether oxygens (including phenoxy) is 1. The van der Waals surface area contributed by atoms with Crippen molar-refractivity contribution in [2.24, 2.45) is 10.7 Å². The molecule has 6 nitrogen and oxygen atoms in total. The lowest BCUT2D eigenvalue weighted by Crippen LogP contribution is -2.31. The fourth-order valence-electron chi connectivity index (χ4n) is 1.72. The third kappa shape index (κ3) is 9.98. The number of nitrogens with one attached hydrogen (secondary N) is 2. The zero-order valence-corrected chi connectivity index (χ0v) is 16.5. The molecule has 7 heteroatoms. The van der Waals surface area contributed by atoms with E-state index in [0.717, 1.165) is 18.5 Å². The summed E-state index contributed by atoms with van der Waals surface area (Å²) in [5, 5.41) is 5.65. The Morgan fingerprint density at radius 2 is 1.87 bits per heavy atom. The van der Waals surface area contributed by atoms with E-state index in [9.17, 15) is 4.79 Å². The molecule has 0 bridgehead atoms. The van der Waals surface area contributed by atoms with Gasteiger partial charge in [-0.05, 0) is 51.8 Å². The molecule has 1 aromatic carbocycles. The first kappa shape index (κ1) is 21.5. The van der Waals surface area contributed by atoms with Crippen LogP contribution in [0.3, 0.4) is 0 Å². The van der Waals surface area contributed by atoms with Gasteiger partial charge in [0, 0.05) is 18.8 Å². The van der Waals surface area contributed by atoms with E-state index >= 15 is 0 Å². The Bertz CT molecular complexity index is 510. The van der Waals surface area contributed by atoms with Crippen LogP contribution in [0.25, 0.3) is 0 Å². The van der Waals surface area contributed by atoms with E-state index in [1.54, 1.807) is 0 Å². The number of carbonyl (C=O) groups is 1. The van der Waals surface area contributed by atoms with Crippen LogP contribution in [0.4, 0.5) is 10.5 Å². The van der Waals surface area contributed by atoms with E-state index in [1.807, 2.05) is 52.0 Å². The van der Waals surface area contributed by atoms with Crippen LogP contribution >= 0.6 is 24.0 Å². The molecular weight excluding hydrogens is 407 g/mol. The number of aliphatic imine (C=N–C) groups is 1. The number of nitrogens with two attached hydrogens (primary N) is 1. The Balaban J connectivity index is 0.00000484. The van der Waals surface area contributed by atoms with Crippen LogP contribution in [0, 0.1) is 0 Å². The smallest absolute Gasteiger partial charge is 0.412 e. The molecule has 0 aliphatic carbocycles. The summed E-state index contributed by atoms with van der Waals surface area (Å²) in [6.07, 6.45) is 0.335. The molecule has 1 rings (SSSR count). The van der Waals surface area contributed by atoms with Gasteiger partial charge in [-0.3, -0.25) is 10.3 Å². The van der Waals surface area contributed by atoms with Crippen molar-refractivity contribution in [1.82, 2.24) is 5.32 Å². The molecule has 0 heterocycles. The molecule has 1 amide bonds. The Morgan fingerprint density at radius 3 is 2.39 bits per heavy atom. The zero-order chi connectivity index (χ0) is 16.6. The minimum Gasteiger partial charge on any atom is -0.444 e. The number of hydrogen-bond donors (Lipinski definition) is 3. The SMILES string of the molecule is CCNC(N)=NCCc1ccc(NC(=O)OC(C)(C)C)cc1.I. The number of halogens is 1. The van der Waals surface area contributed by atoms with E-state index in [0.29, 0.717) is 18.2 Å². The maximum atomic E-state index is 11.6. The summed E-state index contributed by atoms with van der Waals surface area (Å²) in [5.41, 5.74) is 6.98. The van der Waals surface area contributed by atoms with Gasteiger partial charge in [0.1, 0.15) is 5.60 Å². The summed E-state index contributed by atoms with van der Waals surface area (Å²) in [7, 11) is 0. The fraction of sp³-hybridized carbons (Fsp3) is 0.500. The number of rotatable bonds is 5. The van der Waals surface area contributed by atoms with Crippen molar-refractivity contribution in [3.8, 4) is 0 Å². The number of amides is 1. The molecule has 0 spiro atoms. The monoisotopic (exact) mass is 434 g/mol. The van der Waals surface area contributed by atoms with Crippen LogP contribution in [-0.4, -0.2) is 30.7 Å². The highest BCUT2D eigenvalue weighted by molar-refractivity contribution is 14.0. The summed E-state index contributed by atoms with van der Waals surface area (Å²) in [5.74, 6) is 0.464. The molecule has 0 saturated carbocycles. The highest BCUT2D eigenvalue weighted by atomic mass is 127. The topological polar surface area (TPSA) is 88.7 Å². The van der Waals surface area contributed by atoms with E-state index in [1.165, 1.54) is 0 Å². The molecule has 0 unspecified atom stereocenters. The van der Waals surface area contributed by atoms with Crippen LogP contribution in [0.2, 0.25) is 0 Å². The number of carbonyl (C=O) groups excluding carboxylic acids is 1. The predicted octanol–water partition coefficient (Wildman–Crippen LogP) is 3.12. The summed E-state index contributed by atoms with van der Waals surface area (Å²) < 4.78 is 5.20. The summed E-state index contributed by atoms with van der Waals surface area (Å²) >= 11 is 0. The summed E-state index contributed by atoms with van der Waals surface area (Å²) in [6.45, 7) is 8.84. The zero-order valence-electron chi connectivity index (χ0n) is 14.2. The number of benzene rings is 1. The molecule has 0 atom stereocenters. The minimum absolute atomic E-state index is 0. The quantitative estimate of drug-likeness (QED) is 0.378. The Kier molecular flexibility index (Phi) is 9.62. The third-order valence-corrected chi connectivity index (χ3v) is 2.64. The van der Waals surface area contributed by atoms with Gasteiger partial charge >= 0.3 is 6.09 Å². The second-order valence-electron chi connectivity index (χ2n) is 5.87. The van der Waals surface area contributed by atoms with Gasteiger partial charge in [-0.1, -0.05) is 12.1 Å². The van der Waals surface area contributed by atoms with Crippen molar-refractivity contribution in [3.63, 3.8) is 0 Å². The average molecular weight is 434 g/mol. The normalized spacial score (nSPS) is 11.4. The number of nitrogens with zero attached hydrogens (tertiary/aromatic N) is 1. The number of guanidine groups is 1. The molecule has 0 fully saturated rings. The summed E-state index contributed by atoms with van der Waals surface area (Å²) in [6, 6.07) is 7.59. The van der Waals surface area contributed by atoms with Crippen LogP contribution in [0.15, 0.2) is 29.3 Å². The molecule has 130 valence electrons. The van der Waals surface area contributed by atoms with Crippen molar-refractivity contribution < 1.29 is 9.53 Å². The third-order valence-electron chi connectivity index (χ3n) is 2.64. The Morgan fingerprint density at radius 1 is 1.26 bits per heavy atom. The molecule has 0 aliphatic rings. The average Bonchev–Trinajstić information content (AvgIpc) is 2.39. The van der Waals surface area contributed by atoms with Gasteiger partial charge in [0.25, 0.3) is 0 Å². The highest BCUT2D eigenvalue weighted by Crippen LogP contribution is 2.13. The van der Waals surface area contributed by atoms with Crippen LogP contribution in [0.5, 0.6) is 0 Å². The Labute approximate surface area is 155 Å². The maximum Gasteiger partial charge on any atom is 0.412 e. The predicted molar refractivity (Wildman–Crippen MR) is 106 cm³/mol. The first-order valence-electron chi connectivity index (χ1n) is 7.43.